The summed E-state index contributed by atoms with van der Waals surface area (Å²) in [6.07, 6.45) is 10.7. The Hall–Kier alpha value is -1.10. The molecule has 0 spiro atoms. The normalized spacial score (nSPS) is 28.5. The number of ether oxygens (including phenoxy) is 1. The van der Waals surface area contributed by atoms with E-state index in [-0.39, 0.29) is 12.0 Å². The highest BCUT2D eigenvalue weighted by atomic mass is 16.5. The third-order valence-corrected chi connectivity index (χ3v) is 6.61. The third kappa shape index (κ3) is 4.02. The Bertz CT molecular complexity index is 493. The van der Waals surface area contributed by atoms with E-state index in [1.807, 2.05) is 4.90 Å². The Morgan fingerprint density at radius 2 is 1.64 bits per heavy atom. The van der Waals surface area contributed by atoms with Gasteiger partial charge in [0.15, 0.2) is 0 Å². The van der Waals surface area contributed by atoms with Crippen LogP contribution < -0.4 is 0 Å². The fourth-order valence-corrected chi connectivity index (χ4v) is 4.95. The van der Waals surface area contributed by atoms with Crippen LogP contribution in [0, 0.1) is 11.8 Å². The topological polar surface area (TPSA) is 49.9 Å². The summed E-state index contributed by atoms with van der Waals surface area (Å²) < 4.78 is 5.50. The molecule has 0 bridgehead atoms. The van der Waals surface area contributed by atoms with Gasteiger partial charge in [0.1, 0.15) is 0 Å². The summed E-state index contributed by atoms with van der Waals surface area (Å²) in [5.74, 6) is 1.53. The maximum atomic E-state index is 12.9. The van der Waals surface area contributed by atoms with E-state index >= 15 is 0 Å². The number of likely N-dealkylation sites (tertiary alicyclic amines) is 1. The van der Waals surface area contributed by atoms with Crippen LogP contribution in [0.25, 0.3) is 0 Å². The van der Waals surface area contributed by atoms with Gasteiger partial charge in [-0.25, -0.2) is 0 Å². The first-order valence-electron chi connectivity index (χ1n) is 10.4. The summed E-state index contributed by atoms with van der Waals surface area (Å²) >= 11 is 0. The van der Waals surface area contributed by atoms with Gasteiger partial charge in [0.2, 0.25) is 11.8 Å². The van der Waals surface area contributed by atoms with E-state index < -0.39 is 0 Å². The number of carbonyl (C=O) groups is 2. The standard InChI is InChI=1S/C20H32N2O3/c23-19(13-15-3-1-2-4-15)21-10-7-18(14-21)22(20(24)16-5-6-16)17-8-11-25-12-9-17/h15-18H,1-14H2. The molecule has 4 rings (SSSR count). The smallest absolute Gasteiger partial charge is 0.226 e. The van der Waals surface area contributed by atoms with Gasteiger partial charge in [0.05, 0.1) is 6.04 Å². The lowest BCUT2D eigenvalue weighted by atomic mass is 10.0. The van der Waals surface area contributed by atoms with E-state index in [2.05, 4.69) is 4.90 Å². The second-order valence-electron chi connectivity index (χ2n) is 8.50. The van der Waals surface area contributed by atoms with Crippen molar-refractivity contribution in [1.29, 1.82) is 0 Å². The van der Waals surface area contributed by atoms with Crippen molar-refractivity contribution < 1.29 is 14.3 Å². The van der Waals surface area contributed by atoms with Crippen molar-refractivity contribution in [2.24, 2.45) is 11.8 Å². The molecule has 25 heavy (non-hydrogen) atoms. The Kier molecular flexibility index (Phi) is 5.30. The first-order valence-corrected chi connectivity index (χ1v) is 10.4. The van der Waals surface area contributed by atoms with Gasteiger partial charge in [0.25, 0.3) is 0 Å². The minimum absolute atomic E-state index is 0.226. The molecule has 4 aliphatic rings. The van der Waals surface area contributed by atoms with Crippen LogP contribution in [0.2, 0.25) is 0 Å². The second-order valence-corrected chi connectivity index (χ2v) is 8.50. The molecule has 1 atom stereocenters. The van der Waals surface area contributed by atoms with Crippen LogP contribution in [0.4, 0.5) is 0 Å². The molecule has 0 aromatic carbocycles. The van der Waals surface area contributed by atoms with E-state index in [1.54, 1.807) is 0 Å². The van der Waals surface area contributed by atoms with Crippen LogP contribution in [0.5, 0.6) is 0 Å². The van der Waals surface area contributed by atoms with Crippen molar-refractivity contribution in [3.05, 3.63) is 0 Å². The highest BCUT2D eigenvalue weighted by Gasteiger charge is 2.42. The molecule has 2 aliphatic heterocycles. The average Bonchev–Trinajstić information content (AvgIpc) is 3.14. The van der Waals surface area contributed by atoms with Gasteiger partial charge in [-0.05, 0) is 50.9 Å². The van der Waals surface area contributed by atoms with Crippen LogP contribution in [-0.4, -0.2) is 60.0 Å². The van der Waals surface area contributed by atoms with E-state index in [1.165, 1.54) is 25.7 Å². The molecule has 2 amide bonds. The highest BCUT2D eigenvalue weighted by molar-refractivity contribution is 5.82. The van der Waals surface area contributed by atoms with E-state index in [4.69, 9.17) is 4.74 Å². The summed E-state index contributed by atoms with van der Waals surface area (Å²) in [6.45, 7) is 3.10. The molecule has 5 heteroatoms. The molecule has 0 aromatic heterocycles. The zero-order valence-corrected chi connectivity index (χ0v) is 15.3. The van der Waals surface area contributed by atoms with Crippen molar-refractivity contribution in [2.45, 2.75) is 76.3 Å². The molecule has 2 saturated carbocycles. The summed E-state index contributed by atoms with van der Waals surface area (Å²) in [7, 11) is 0. The van der Waals surface area contributed by atoms with Crippen molar-refractivity contribution in [2.75, 3.05) is 26.3 Å². The largest absolute Gasteiger partial charge is 0.381 e. The van der Waals surface area contributed by atoms with Crippen LogP contribution in [0.3, 0.4) is 0 Å². The van der Waals surface area contributed by atoms with Crippen LogP contribution in [0.1, 0.15) is 64.2 Å². The Morgan fingerprint density at radius 3 is 2.32 bits per heavy atom. The summed E-state index contributed by atoms with van der Waals surface area (Å²) in [6, 6.07) is 0.542. The molecule has 1 unspecified atom stereocenters. The fraction of sp³-hybridized carbons (Fsp3) is 0.900. The second kappa shape index (κ2) is 7.65. The monoisotopic (exact) mass is 348 g/mol. The number of carbonyl (C=O) groups excluding carboxylic acids is 2. The zero-order chi connectivity index (χ0) is 17.2. The molecule has 5 nitrogen and oxygen atoms in total. The SMILES string of the molecule is O=C(CC1CCCC1)N1CCC(N(C(=O)C2CC2)C2CCOCC2)C1. The van der Waals surface area contributed by atoms with Crippen molar-refractivity contribution in [1.82, 2.24) is 9.80 Å². The summed E-state index contributed by atoms with van der Waals surface area (Å²) in [5, 5.41) is 0. The van der Waals surface area contributed by atoms with E-state index in [9.17, 15) is 9.59 Å². The molecule has 2 heterocycles. The Balaban J connectivity index is 1.38. The van der Waals surface area contributed by atoms with Gasteiger partial charge in [-0.3, -0.25) is 9.59 Å². The molecular formula is C20H32N2O3. The van der Waals surface area contributed by atoms with Gasteiger partial charge in [-0.1, -0.05) is 12.8 Å². The quantitative estimate of drug-likeness (QED) is 0.767. The van der Waals surface area contributed by atoms with Crippen molar-refractivity contribution in [3.63, 3.8) is 0 Å². The number of hydrogen-bond acceptors (Lipinski definition) is 3. The number of rotatable bonds is 5. The highest BCUT2D eigenvalue weighted by Crippen LogP contribution is 2.35. The molecule has 0 N–H and O–H groups in total. The minimum atomic E-state index is 0.226. The van der Waals surface area contributed by atoms with Gasteiger partial charge >= 0.3 is 0 Å². The Labute approximate surface area is 151 Å². The van der Waals surface area contributed by atoms with Crippen LogP contribution >= 0.6 is 0 Å². The molecule has 0 radical (unpaired) electrons. The lowest BCUT2D eigenvalue weighted by molar-refractivity contribution is -0.140. The van der Waals surface area contributed by atoms with E-state index in [0.29, 0.717) is 23.8 Å². The van der Waals surface area contributed by atoms with Crippen molar-refractivity contribution in [3.8, 4) is 0 Å². The third-order valence-electron chi connectivity index (χ3n) is 6.61. The number of nitrogens with zero attached hydrogens (tertiary/aromatic N) is 2. The predicted octanol–water partition coefficient (Wildman–Crippen LogP) is 2.59. The minimum Gasteiger partial charge on any atom is -0.381 e. The van der Waals surface area contributed by atoms with Crippen LogP contribution in [0.15, 0.2) is 0 Å². The summed E-state index contributed by atoms with van der Waals surface area (Å²) in [5.41, 5.74) is 0. The summed E-state index contributed by atoms with van der Waals surface area (Å²) in [4.78, 5) is 29.8. The van der Waals surface area contributed by atoms with Gasteiger partial charge < -0.3 is 14.5 Å². The fourth-order valence-electron chi connectivity index (χ4n) is 4.95. The first-order chi connectivity index (χ1) is 12.2. The molecule has 4 fully saturated rings. The maximum absolute atomic E-state index is 12.9. The van der Waals surface area contributed by atoms with E-state index in [0.717, 1.165) is 64.8 Å². The lowest BCUT2D eigenvalue weighted by Crippen LogP contribution is -2.51. The first kappa shape index (κ1) is 17.3. The molecule has 2 aliphatic carbocycles. The molecule has 140 valence electrons. The molecule has 2 saturated heterocycles. The number of amides is 2. The lowest BCUT2D eigenvalue weighted by Gasteiger charge is -2.38. The molecule has 0 aromatic rings. The van der Waals surface area contributed by atoms with Crippen molar-refractivity contribution >= 4 is 11.8 Å². The average molecular weight is 348 g/mol. The predicted molar refractivity (Wildman–Crippen MR) is 95.0 cm³/mol. The van der Waals surface area contributed by atoms with Crippen LogP contribution in [-0.2, 0) is 14.3 Å². The molecular weight excluding hydrogens is 316 g/mol. The van der Waals surface area contributed by atoms with Gasteiger partial charge in [-0.2, -0.15) is 0 Å². The van der Waals surface area contributed by atoms with Gasteiger partial charge in [0, 0.05) is 44.7 Å². The van der Waals surface area contributed by atoms with Gasteiger partial charge in [-0.15, -0.1) is 0 Å². The Morgan fingerprint density at radius 1 is 0.920 bits per heavy atom. The zero-order valence-electron chi connectivity index (χ0n) is 15.3. The number of hydrogen-bond donors (Lipinski definition) is 0. The maximum Gasteiger partial charge on any atom is 0.226 e.